The molecule has 2 atom stereocenters. The fraction of sp³-hybridized carbons (Fsp3) is 0.769. The topological polar surface area (TPSA) is 17.1 Å². The molecule has 80 valence electrons. The molecule has 0 aromatic heterocycles. The summed E-state index contributed by atoms with van der Waals surface area (Å²) in [6.45, 7) is 8.67. The van der Waals surface area contributed by atoms with Crippen LogP contribution in [0.25, 0.3) is 0 Å². The highest BCUT2D eigenvalue weighted by Gasteiger charge is 2.38. The highest BCUT2D eigenvalue weighted by Crippen LogP contribution is 2.41. The van der Waals surface area contributed by atoms with Crippen LogP contribution in [0.15, 0.2) is 12.2 Å². The number of hydrogen-bond donors (Lipinski definition) is 0. The maximum atomic E-state index is 12.0. The zero-order valence-electron chi connectivity index (χ0n) is 9.84. The van der Waals surface area contributed by atoms with Crippen molar-refractivity contribution < 1.29 is 4.79 Å². The van der Waals surface area contributed by atoms with Crippen LogP contribution < -0.4 is 0 Å². The van der Waals surface area contributed by atoms with E-state index in [4.69, 9.17) is 0 Å². The first-order valence-corrected chi connectivity index (χ1v) is 5.68. The van der Waals surface area contributed by atoms with E-state index in [1.165, 1.54) is 0 Å². The van der Waals surface area contributed by atoms with Gasteiger partial charge in [0.05, 0.1) is 0 Å². The molecule has 0 heterocycles. The summed E-state index contributed by atoms with van der Waals surface area (Å²) >= 11 is 0. The van der Waals surface area contributed by atoms with Crippen molar-refractivity contribution in [3.63, 3.8) is 0 Å². The van der Waals surface area contributed by atoms with E-state index < -0.39 is 0 Å². The maximum Gasteiger partial charge on any atom is 0.137 e. The Labute approximate surface area is 87.6 Å². The fourth-order valence-corrected chi connectivity index (χ4v) is 2.67. The number of hydrogen-bond acceptors (Lipinski definition) is 1. The monoisotopic (exact) mass is 194 g/mol. The van der Waals surface area contributed by atoms with Gasteiger partial charge in [0.15, 0.2) is 0 Å². The third-order valence-electron chi connectivity index (χ3n) is 3.29. The predicted octanol–water partition coefficient (Wildman–Crippen LogP) is 3.59. The number of ketones is 1. The number of carbonyl (C=O) groups is 1. The molecular weight excluding hydrogens is 172 g/mol. The van der Waals surface area contributed by atoms with Gasteiger partial charge < -0.3 is 0 Å². The zero-order chi connectivity index (χ0) is 10.8. The van der Waals surface area contributed by atoms with Crippen LogP contribution in [0.5, 0.6) is 0 Å². The molecular formula is C13H22O. The molecule has 1 heteroatoms. The van der Waals surface area contributed by atoms with Crippen molar-refractivity contribution in [1.82, 2.24) is 0 Å². The first-order valence-electron chi connectivity index (χ1n) is 5.68. The van der Waals surface area contributed by atoms with E-state index in [0.29, 0.717) is 11.7 Å². The molecule has 1 aliphatic rings. The number of carbonyl (C=O) groups excluding carboxylic acids is 1. The third-order valence-corrected chi connectivity index (χ3v) is 3.29. The molecule has 1 rings (SSSR count). The van der Waals surface area contributed by atoms with Crippen molar-refractivity contribution in [3.05, 3.63) is 12.2 Å². The van der Waals surface area contributed by atoms with Crippen molar-refractivity contribution >= 4 is 5.78 Å². The Kier molecular flexibility index (Phi) is 3.52. The second kappa shape index (κ2) is 4.29. The zero-order valence-corrected chi connectivity index (χ0v) is 9.84. The Morgan fingerprint density at radius 2 is 2.14 bits per heavy atom. The van der Waals surface area contributed by atoms with E-state index in [2.05, 4.69) is 39.8 Å². The SMILES string of the molecule is CCCC(=O)[C@@H]1[C@H](C)C=CCC1(C)C. The van der Waals surface area contributed by atoms with Gasteiger partial charge in [-0.2, -0.15) is 0 Å². The van der Waals surface area contributed by atoms with Gasteiger partial charge in [0, 0.05) is 12.3 Å². The molecule has 0 aliphatic heterocycles. The molecule has 1 nitrogen and oxygen atoms in total. The normalized spacial score (nSPS) is 30.3. The molecule has 0 spiro atoms. The van der Waals surface area contributed by atoms with Crippen molar-refractivity contribution in [2.75, 3.05) is 0 Å². The number of rotatable bonds is 3. The molecule has 0 amide bonds. The van der Waals surface area contributed by atoms with Crippen molar-refractivity contribution in [3.8, 4) is 0 Å². The van der Waals surface area contributed by atoms with E-state index >= 15 is 0 Å². The quantitative estimate of drug-likeness (QED) is 0.627. The minimum atomic E-state index is 0.153. The van der Waals surface area contributed by atoms with E-state index in [9.17, 15) is 4.79 Å². The van der Waals surface area contributed by atoms with Crippen molar-refractivity contribution in [1.29, 1.82) is 0 Å². The van der Waals surface area contributed by atoms with Crippen molar-refractivity contribution in [2.24, 2.45) is 17.3 Å². The molecule has 0 fully saturated rings. The van der Waals surface area contributed by atoms with Gasteiger partial charge in [0.2, 0.25) is 0 Å². The van der Waals surface area contributed by atoms with E-state index in [1.807, 2.05) is 0 Å². The van der Waals surface area contributed by atoms with E-state index in [-0.39, 0.29) is 11.3 Å². The van der Waals surface area contributed by atoms with Gasteiger partial charge in [-0.25, -0.2) is 0 Å². The summed E-state index contributed by atoms with van der Waals surface area (Å²) in [6.07, 6.45) is 7.18. The van der Waals surface area contributed by atoms with Gasteiger partial charge in [-0.3, -0.25) is 4.79 Å². The molecule has 0 bridgehead atoms. The Hall–Kier alpha value is -0.590. The average Bonchev–Trinajstić information content (AvgIpc) is 2.02. The van der Waals surface area contributed by atoms with Crippen LogP contribution in [0.2, 0.25) is 0 Å². The fourth-order valence-electron chi connectivity index (χ4n) is 2.67. The van der Waals surface area contributed by atoms with Gasteiger partial charge in [-0.1, -0.05) is 39.8 Å². The molecule has 14 heavy (non-hydrogen) atoms. The van der Waals surface area contributed by atoms with E-state index in [0.717, 1.165) is 19.3 Å². The summed E-state index contributed by atoms with van der Waals surface area (Å²) in [5.74, 6) is 1.10. The average molecular weight is 194 g/mol. The van der Waals surface area contributed by atoms with Gasteiger partial charge in [0.25, 0.3) is 0 Å². The molecule has 0 saturated carbocycles. The molecule has 1 aliphatic carbocycles. The number of Topliss-reactive ketones (excluding diaryl/α,β-unsaturated/α-hetero) is 1. The van der Waals surface area contributed by atoms with Crippen LogP contribution in [0.1, 0.15) is 47.0 Å². The summed E-state index contributed by atoms with van der Waals surface area (Å²) in [4.78, 5) is 12.0. The summed E-state index contributed by atoms with van der Waals surface area (Å²) in [5.41, 5.74) is 0.153. The van der Waals surface area contributed by atoms with Crippen molar-refractivity contribution in [2.45, 2.75) is 47.0 Å². The third kappa shape index (κ3) is 2.26. The smallest absolute Gasteiger partial charge is 0.137 e. The van der Waals surface area contributed by atoms with Crippen LogP contribution in [-0.4, -0.2) is 5.78 Å². The Balaban J connectivity index is 2.82. The molecule has 0 aromatic carbocycles. The van der Waals surface area contributed by atoms with Gasteiger partial charge in [-0.15, -0.1) is 0 Å². The lowest BCUT2D eigenvalue weighted by molar-refractivity contribution is -0.128. The highest BCUT2D eigenvalue weighted by molar-refractivity contribution is 5.82. The number of allylic oxidation sites excluding steroid dienone is 2. The highest BCUT2D eigenvalue weighted by atomic mass is 16.1. The minimum Gasteiger partial charge on any atom is -0.299 e. The first-order chi connectivity index (χ1) is 6.49. The van der Waals surface area contributed by atoms with Gasteiger partial charge in [0.1, 0.15) is 5.78 Å². The summed E-state index contributed by atoms with van der Waals surface area (Å²) in [6, 6.07) is 0. The summed E-state index contributed by atoms with van der Waals surface area (Å²) in [5, 5.41) is 0. The van der Waals surface area contributed by atoms with Gasteiger partial charge >= 0.3 is 0 Å². The molecule has 0 aromatic rings. The van der Waals surface area contributed by atoms with Crippen LogP contribution in [-0.2, 0) is 4.79 Å². The molecule has 0 saturated heterocycles. The van der Waals surface area contributed by atoms with Crippen LogP contribution in [0.4, 0.5) is 0 Å². The first kappa shape index (κ1) is 11.5. The molecule has 0 unspecified atom stereocenters. The summed E-state index contributed by atoms with van der Waals surface area (Å²) < 4.78 is 0. The lowest BCUT2D eigenvalue weighted by atomic mass is 9.65. The lowest BCUT2D eigenvalue weighted by Crippen LogP contribution is -2.37. The predicted molar refractivity (Wildman–Crippen MR) is 60.1 cm³/mol. The molecule has 0 N–H and O–H groups in total. The molecule has 0 radical (unpaired) electrons. The van der Waals surface area contributed by atoms with Crippen LogP contribution in [0, 0.1) is 17.3 Å². The Morgan fingerprint density at radius 1 is 1.50 bits per heavy atom. The van der Waals surface area contributed by atoms with Crippen LogP contribution >= 0.6 is 0 Å². The summed E-state index contributed by atoms with van der Waals surface area (Å²) in [7, 11) is 0. The van der Waals surface area contributed by atoms with E-state index in [1.54, 1.807) is 0 Å². The standard InChI is InChI=1S/C13H22O/c1-5-7-11(14)12-10(2)8-6-9-13(12,3)4/h6,8,10,12H,5,7,9H2,1-4H3/t10-,12+/m1/s1. The largest absolute Gasteiger partial charge is 0.299 e. The second-order valence-corrected chi connectivity index (χ2v) is 5.17. The Morgan fingerprint density at radius 3 is 2.64 bits per heavy atom. The second-order valence-electron chi connectivity index (χ2n) is 5.17. The minimum absolute atomic E-state index is 0.153. The lowest BCUT2D eigenvalue weighted by Gasteiger charge is -2.38. The Bertz CT molecular complexity index is 238. The van der Waals surface area contributed by atoms with Gasteiger partial charge in [-0.05, 0) is 24.2 Å². The maximum absolute atomic E-state index is 12.0. The van der Waals surface area contributed by atoms with Crippen LogP contribution in [0.3, 0.4) is 0 Å².